The number of halogens is 2. The molecule has 0 radical (unpaired) electrons. The van der Waals surface area contributed by atoms with E-state index >= 15 is 0 Å². The average Bonchev–Trinajstić information content (AvgIpc) is 2.62. The lowest BCUT2D eigenvalue weighted by atomic mass is 10.1. The molecule has 0 spiro atoms. The number of nitrogens with one attached hydrogen (secondary N) is 2. The van der Waals surface area contributed by atoms with Crippen molar-refractivity contribution in [2.75, 3.05) is 13.1 Å². The van der Waals surface area contributed by atoms with Gasteiger partial charge >= 0.3 is 0 Å². The zero-order valence-electron chi connectivity index (χ0n) is 13.5. The third kappa shape index (κ3) is 5.36. The minimum atomic E-state index is -1.07. The van der Waals surface area contributed by atoms with Gasteiger partial charge in [-0.25, -0.2) is 8.78 Å². The maximum absolute atomic E-state index is 13.1. The highest BCUT2D eigenvalue weighted by Crippen LogP contribution is 2.09. The Balaban J connectivity index is 1.89. The minimum absolute atomic E-state index is 0.0369. The maximum atomic E-state index is 13.1. The Bertz CT molecular complexity index is 748. The molecule has 7 heteroatoms. The summed E-state index contributed by atoms with van der Waals surface area (Å²) in [4.78, 5) is 23.8. The van der Waals surface area contributed by atoms with Gasteiger partial charge in [0.1, 0.15) is 0 Å². The van der Waals surface area contributed by atoms with Gasteiger partial charge in [-0.1, -0.05) is 12.1 Å². The Hall–Kier alpha value is -2.80. The van der Waals surface area contributed by atoms with Crippen LogP contribution in [-0.4, -0.2) is 24.9 Å². The quantitative estimate of drug-likeness (QED) is 0.670. The smallest absolute Gasteiger partial charge is 0.251 e. The van der Waals surface area contributed by atoms with Crippen LogP contribution in [0.25, 0.3) is 0 Å². The lowest BCUT2D eigenvalue weighted by Gasteiger charge is -2.08. The van der Waals surface area contributed by atoms with Gasteiger partial charge in [-0.2, -0.15) is 0 Å². The van der Waals surface area contributed by atoms with Crippen molar-refractivity contribution in [3.05, 3.63) is 70.8 Å². The molecule has 0 heterocycles. The molecule has 0 aliphatic rings. The van der Waals surface area contributed by atoms with Crippen molar-refractivity contribution in [2.24, 2.45) is 5.73 Å². The largest absolute Gasteiger partial charge is 0.352 e. The van der Waals surface area contributed by atoms with Gasteiger partial charge in [0, 0.05) is 24.2 Å². The van der Waals surface area contributed by atoms with Crippen molar-refractivity contribution < 1.29 is 18.4 Å². The van der Waals surface area contributed by atoms with E-state index in [-0.39, 0.29) is 18.0 Å². The van der Waals surface area contributed by atoms with Crippen LogP contribution in [0.4, 0.5) is 8.78 Å². The molecule has 2 rings (SSSR count). The van der Waals surface area contributed by atoms with Gasteiger partial charge < -0.3 is 16.4 Å². The SMILES string of the molecule is NCCCNC(=O)c1ccc(CNC(=O)c2ccc(F)c(F)c2)cc1. The van der Waals surface area contributed by atoms with Gasteiger partial charge in [-0.05, 0) is 48.9 Å². The lowest BCUT2D eigenvalue weighted by Crippen LogP contribution is -2.26. The first-order valence-corrected chi connectivity index (χ1v) is 7.81. The number of carbonyl (C=O) groups excluding carboxylic acids is 2. The molecule has 25 heavy (non-hydrogen) atoms. The summed E-state index contributed by atoms with van der Waals surface area (Å²) in [6.45, 7) is 1.23. The molecule has 0 aliphatic carbocycles. The van der Waals surface area contributed by atoms with Crippen LogP contribution in [0, 0.1) is 11.6 Å². The van der Waals surface area contributed by atoms with E-state index in [9.17, 15) is 18.4 Å². The third-order valence-electron chi connectivity index (χ3n) is 3.52. The Morgan fingerprint density at radius 2 is 1.52 bits per heavy atom. The van der Waals surface area contributed by atoms with Crippen LogP contribution < -0.4 is 16.4 Å². The van der Waals surface area contributed by atoms with Crippen molar-refractivity contribution in [1.82, 2.24) is 10.6 Å². The molecule has 2 aromatic rings. The normalized spacial score (nSPS) is 10.4. The molecule has 2 aromatic carbocycles. The summed E-state index contributed by atoms with van der Waals surface area (Å²) < 4.78 is 26.0. The summed E-state index contributed by atoms with van der Waals surface area (Å²) in [5, 5.41) is 5.36. The number of hydrogen-bond acceptors (Lipinski definition) is 3. The van der Waals surface area contributed by atoms with E-state index in [0.29, 0.717) is 25.1 Å². The molecular formula is C18H19F2N3O2. The van der Waals surface area contributed by atoms with Crippen LogP contribution in [0.3, 0.4) is 0 Å². The predicted molar refractivity (Wildman–Crippen MR) is 90.0 cm³/mol. The standard InChI is InChI=1S/C18H19F2N3O2/c19-15-7-6-14(10-16(15)20)18(25)23-11-12-2-4-13(5-3-12)17(24)22-9-1-8-21/h2-7,10H,1,8-9,11,21H2,(H,22,24)(H,23,25). The van der Waals surface area contributed by atoms with E-state index in [1.54, 1.807) is 24.3 Å². The fourth-order valence-corrected chi connectivity index (χ4v) is 2.10. The van der Waals surface area contributed by atoms with Crippen LogP contribution in [0.5, 0.6) is 0 Å². The molecule has 4 N–H and O–H groups in total. The van der Waals surface area contributed by atoms with Crippen LogP contribution in [0.1, 0.15) is 32.7 Å². The van der Waals surface area contributed by atoms with E-state index in [0.717, 1.165) is 17.7 Å². The first kappa shape index (κ1) is 18.5. The highest BCUT2D eigenvalue weighted by atomic mass is 19.2. The fourth-order valence-electron chi connectivity index (χ4n) is 2.10. The Morgan fingerprint density at radius 1 is 0.880 bits per heavy atom. The van der Waals surface area contributed by atoms with Crippen LogP contribution in [0.2, 0.25) is 0 Å². The first-order chi connectivity index (χ1) is 12.0. The summed E-state index contributed by atoms with van der Waals surface area (Å²) in [6, 6.07) is 9.69. The van der Waals surface area contributed by atoms with E-state index < -0.39 is 17.5 Å². The molecule has 5 nitrogen and oxygen atoms in total. The van der Waals surface area contributed by atoms with Crippen molar-refractivity contribution in [1.29, 1.82) is 0 Å². The molecule has 0 fully saturated rings. The number of carbonyl (C=O) groups is 2. The molecule has 0 bridgehead atoms. The molecule has 0 saturated carbocycles. The lowest BCUT2D eigenvalue weighted by molar-refractivity contribution is 0.0942. The van der Waals surface area contributed by atoms with E-state index in [1.807, 2.05) is 0 Å². The second-order valence-electron chi connectivity index (χ2n) is 5.41. The highest BCUT2D eigenvalue weighted by molar-refractivity contribution is 5.94. The van der Waals surface area contributed by atoms with Gasteiger partial charge in [0.25, 0.3) is 11.8 Å². The van der Waals surface area contributed by atoms with Gasteiger partial charge in [0.2, 0.25) is 0 Å². The van der Waals surface area contributed by atoms with Crippen molar-refractivity contribution in [2.45, 2.75) is 13.0 Å². The van der Waals surface area contributed by atoms with Crippen molar-refractivity contribution in [3.63, 3.8) is 0 Å². The summed E-state index contributed by atoms with van der Waals surface area (Å²) in [7, 11) is 0. The maximum Gasteiger partial charge on any atom is 0.251 e. The van der Waals surface area contributed by atoms with Crippen molar-refractivity contribution in [3.8, 4) is 0 Å². The second kappa shape index (κ2) is 8.89. The number of hydrogen-bond donors (Lipinski definition) is 3. The first-order valence-electron chi connectivity index (χ1n) is 7.81. The van der Waals surface area contributed by atoms with E-state index in [1.165, 1.54) is 6.07 Å². The number of nitrogens with two attached hydrogens (primary N) is 1. The molecule has 0 saturated heterocycles. The molecule has 0 aliphatic heterocycles. The van der Waals surface area contributed by atoms with Crippen LogP contribution in [0.15, 0.2) is 42.5 Å². The molecule has 0 unspecified atom stereocenters. The van der Waals surface area contributed by atoms with E-state index in [2.05, 4.69) is 10.6 Å². The predicted octanol–water partition coefficient (Wildman–Crippen LogP) is 1.97. The Labute approximate surface area is 144 Å². The third-order valence-corrected chi connectivity index (χ3v) is 3.52. The van der Waals surface area contributed by atoms with Gasteiger partial charge in [0.15, 0.2) is 11.6 Å². The summed E-state index contributed by atoms with van der Waals surface area (Å²) >= 11 is 0. The summed E-state index contributed by atoms with van der Waals surface area (Å²) in [5.41, 5.74) is 6.68. The number of benzene rings is 2. The Kier molecular flexibility index (Phi) is 6.59. The van der Waals surface area contributed by atoms with Crippen molar-refractivity contribution >= 4 is 11.8 Å². The number of rotatable bonds is 7. The zero-order valence-corrected chi connectivity index (χ0v) is 13.5. The minimum Gasteiger partial charge on any atom is -0.352 e. The molecule has 132 valence electrons. The highest BCUT2D eigenvalue weighted by Gasteiger charge is 2.10. The van der Waals surface area contributed by atoms with Gasteiger partial charge in [-0.15, -0.1) is 0 Å². The average molecular weight is 347 g/mol. The van der Waals surface area contributed by atoms with Gasteiger partial charge in [0.05, 0.1) is 0 Å². The van der Waals surface area contributed by atoms with Gasteiger partial charge in [-0.3, -0.25) is 9.59 Å². The molecular weight excluding hydrogens is 328 g/mol. The zero-order chi connectivity index (χ0) is 18.2. The molecule has 2 amide bonds. The van der Waals surface area contributed by atoms with Crippen LogP contribution in [-0.2, 0) is 6.54 Å². The molecule has 0 aromatic heterocycles. The van der Waals surface area contributed by atoms with E-state index in [4.69, 9.17) is 5.73 Å². The molecule has 0 atom stereocenters. The van der Waals surface area contributed by atoms with Crippen LogP contribution >= 0.6 is 0 Å². The number of amides is 2. The summed E-state index contributed by atoms with van der Waals surface area (Å²) in [6.07, 6.45) is 0.708. The Morgan fingerprint density at radius 3 is 2.16 bits per heavy atom. The summed E-state index contributed by atoms with van der Waals surface area (Å²) in [5.74, 6) is -2.78. The fraction of sp³-hybridized carbons (Fsp3) is 0.222. The second-order valence-corrected chi connectivity index (χ2v) is 5.41. The monoisotopic (exact) mass is 347 g/mol. The topological polar surface area (TPSA) is 84.2 Å².